The molecule has 0 spiro atoms. The van der Waals surface area contributed by atoms with Crippen molar-refractivity contribution in [1.29, 1.82) is 0 Å². The molecule has 1 aromatic rings. The van der Waals surface area contributed by atoms with Crippen molar-refractivity contribution >= 4 is 11.6 Å². The van der Waals surface area contributed by atoms with Gasteiger partial charge < -0.3 is 15.1 Å². The van der Waals surface area contributed by atoms with Gasteiger partial charge >= 0.3 is 0 Å². The molecule has 1 aromatic carbocycles. The summed E-state index contributed by atoms with van der Waals surface area (Å²) in [6.45, 7) is 1.84. The summed E-state index contributed by atoms with van der Waals surface area (Å²) in [4.78, 5) is 16.5. The quantitative estimate of drug-likeness (QED) is 0.876. The van der Waals surface area contributed by atoms with E-state index >= 15 is 0 Å². The molecule has 122 valence electrons. The number of benzene rings is 1. The van der Waals surface area contributed by atoms with Crippen LogP contribution in [0.1, 0.15) is 31.2 Å². The Morgan fingerprint density at radius 2 is 2.00 bits per heavy atom. The van der Waals surface area contributed by atoms with Crippen LogP contribution in [0.3, 0.4) is 0 Å². The first kappa shape index (κ1) is 16.8. The van der Waals surface area contributed by atoms with Crippen molar-refractivity contribution in [2.75, 3.05) is 39.1 Å². The minimum Gasteiger partial charge on any atom is -0.378 e. The highest BCUT2D eigenvalue weighted by atomic mass is 16.1. The summed E-state index contributed by atoms with van der Waals surface area (Å²) in [7, 11) is 6.21. The largest absolute Gasteiger partial charge is 0.378 e. The van der Waals surface area contributed by atoms with Gasteiger partial charge in [-0.3, -0.25) is 4.79 Å². The van der Waals surface area contributed by atoms with Gasteiger partial charge in [0.1, 0.15) is 0 Å². The minimum absolute atomic E-state index is 0.184. The number of nitrogens with one attached hydrogen (secondary N) is 1. The molecule has 1 fully saturated rings. The summed E-state index contributed by atoms with van der Waals surface area (Å²) < 4.78 is 0. The SMILES string of the molecule is CN(C)c1ccc(CCNC(=O)C[C@H]2CCCCN2C)cc1. The molecule has 0 radical (unpaired) electrons. The van der Waals surface area contributed by atoms with E-state index in [4.69, 9.17) is 0 Å². The number of carbonyl (C=O) groups is 1. The van der Waals surface area contributed by atoms with Crippen molar-refractivity contribution in [2.24, 2.45) is 0 Å². The second-order valence-electron chi connectivity index (χ2n) is 6.50. The first-order chi connectivity index (χ1) is 10.6. The average molecular weight is 303 g/mol. The lowest BCUT2D eigenvalue weighted by Gasteiger charge is -2.31. The fourth-order valence-electron chi connectivity index (χ4n) is 3.00. The van der Waals surface area contributed by atoms with E-state index in [1.54, 1.807) is 0 Å². The third-order valence-corrected chi connectivity index (χ3v) is 4.53. The molecule has 0 unspecified atom stereocenters. The van der Waals surface area contributed by atoms with Crippen molar-refractivity contribution < 1.29 is 4.79 Å². The Labute approximate surface area is 134 Å². The van der Waals surface area contributed by atoms with Gasteiger partial charge in [0.2, 0.25) is 5.91 Å². The number of hydrogen-bond donors (Lipinski definition) is 1. The van der Waals surface area contributed by atoms with Crippen LogP contribution in [0.4, 0.5) is 5.69 Å². The van der Waals surface area contributed by atoms with Crippen molar-refractivity contribution in [3.05, 3.63) is 29.8 Å². The van der Waals surface area contributed by atoms with E-state index in [-0.39, 0.29) is 5.91 Å². The first-order valence-electron chi connectivity index (χ1n) is 8.29. The molecule has 1 saturated heterocycles. The molecule has 1 aliphatic heterocycles. The van der Waals surface area contributed by atoms with Crippen LogP contribution in [0.5, 0.6) is 0 Å². The topological polar surface area (TPSA) is 35.6 Å². The summed E-state index contributed by atoms with van der Waals surface area (Å²) in [5.41, 5.74) is 2.47. The Morgan fingerprint density at radius 3 is 2.64 bits per heavy atom. The van der Waals surface area contributed by atoms with Gasteiger partial charge in [-0.25, -0.2) is 0 Å². The molecule has 4 heteroatoms. The highest BCUT2D eigenvalue weighted by Gasteiger charge is 2.21. The summed E-state index contributed by atoms with van der Waals surface area (Å²) in [6, 6.07) is 8.93. The van der Waals surface area contributed by atoms with Gasteiger partial charge in [0.15, 0.2) is 0 Å². The molecule has 0 bridgehead atoms. The maximum atomic E-state index is 12.0. The Morgan fingerprint density at radius 1 is 1.27 bits per heavy atom. The fourth-order valence-corrected chi connectivity index (χ4v) is 3.00. The van der Waals surface area contributed by atoms with E-state index < -0.39 is 0 Å². The zero-order valence-electron chi connectivity index (χ0n) is 14.1. The smallest absolute Gasteiger partial charge is 0.221 e. The van der Waals surface area contributed by atoms with E-state index in [0.717, 1.165) is 25.9 Å². The molecule has 0 aromatic heterocycles. The molecule has 1 N–H and O–H groups in total. The number of anilines is 1. The zero-order valence-corrected chi connectivity index (χ0v) is 14.1. The van der Waals surface area contributed by atoms with Crippen LogP contribution in [-0.4, -0.2) is 51.1 Å². The maximum absolute atomic E-state index is 12.0. The van der Waals surface area contributed by atoms with Crippen LogP contribution in [0.2, 0.25) is 0 Å². The monoisotopic (exact) mass is 303 g/mol. The van der Waals surface area contributed by atoms with Crippen molar-refractivity contribution in [3.63, 3.8) is 0 Å². The third kappa shape index (κ3) is 5.02. The van der Waals surface area contributed by atoms with E-state index in [2.05, 4.69) is 46.4 Å². The molecule has 2 rings (SSSR count). The van der Waals surface area contributed by atoms with Gasteiger partial charge in [0.05, 0.1) is 0 Å². The van der Waals surface area contributed by atoms with Gasteiger partial charge in [-0.15, -0.1) is 0 Å². The number of piperidine rings is 1. The van der Waals surface area contributed by atoms with Crippen LogP contribution < -0.4 is 10.2 Å². The number of rotatable bonds is 6. The van der Waals surface area contributed by atoms with Gasteiger partial charge in [0, 0.05) is 38.8 Å². The third-order valence-electron chi connectivity index (χ3n) is 4.53. The van der Waals surface area contributed by atoms with E-state index in [1.807, 2.05) is 14.1 Å². The number of amides is 1. The first-order valence-corrected chi connectivity index (χ1v) is 8.29. The molecule has 22 heavy (non-hydrogen) atoms. The number of hydrogen-bond acceptors (Lipinski definition) is 3. The van der Waals surface area contributed by atoms with Crippen molar-refractivity contribution in [1.82, 2.24) is 10.2 Å². The lowest BCUT2D eigenvalue weighted by Crippen LogP contribution is -2.40. The summed E-state index contributed by atoms with van der Waals surface area (Å²) in [5.74, 6) is 0.184. The van der Waals surface area contributed by atoms with Gasteiger partial charge in [-0.1, -0.05) is 18.6 Å². The zero-order chi connectivity index (χ0) is 15.9. The Balaban J connectivity index is 1.70. The highest BCUT2D eigenvalue weighted by Crippen LogP contribution is 2.17. The van der Waals surface area contributed by atoms with E-state index in [0.29, 0.717) is 12.5 Å². The minimum atomic E-state index is 0.184. The Kier molecular flexibility index (Phi) is 6.25. The van der Waals surface area contributed by atoms with E-state index in [9.17, 15) is 4.79 Å². The van der Waals surface area contributed by atoms with Crippen LogP contribution in [0, 0.1) is 0 Å². The normalized spacial score (nSPS) is 19.0. The number of likely N-dealkylation sites (tertiary alicyclic amines) is 1. The molecule has 1 heterocycles. The highest BCUT2D eigenvalue weighted by molar-refractivity contribution is 5.76. The standard InChI is InChI=1S/C18H29N3O/c1-20(2)16-9-7-15(8-10-16)11-12-19-18(22)14-17-6-4-5-13-21(17)3/h7-10,17H,4-6,11-14H2,1-3H3,(H,19,22)/t17-/m1/s1. The molecule has 1 amide bonds. The number of nitrogens with zero attached hydrogens (tertiary/aromatic N) is 2. The lowest BCUT2D eigenvalue weighted by molar-refractivity contribution is -0.122. The van der Waals surface area contributed by atoms with Crippen LogP contribution in [0.25, 0.3) is 0 Å². The molecular formula is C18H29N3O. The van der Waals surface area contributed by atoms with Gasteiger partial charge in [-0.2, -0.15) is 0 Å². The summed E-state index contributed by atoms with van der Waals surface area (Å²) >= 11 is 0. The van der Waals surface area contributed by atoms with Crippen molar-refractivity contribution in [3.8, 4) is 0 Å². The summed E-state index contributed by atoms with van der Waals surface area (Å²) in [6.07, 6.45) is 5.18. The van der Waals surface area contributed by atoms with E-state index in [1.165, 1.54) is 24.1 Å². The van der Waals surface area contributed by atoms with Crippen LogP contribution >= 0.6 is 0 Å². The van der Waals surface area contributed by atoms with Crippen molar-refractivity contribution in [2.45, 2.75) is 38.1 Å². The second-order valence-corrected chi connectivity index (χ2v) is 6.50. The molecule has 0 aliphatic carbocycles. The lowest BCUT2D eigenvalue weighted by atomic mass is 10.00. The number of carbonyl (C=O) groups excluding carboxylic acids is 1. The Bertz CT molecular complexity index is 470. The maximum Gasteiger partial charge on any atom is 0.221 e. The van der Waals surface area contributed by atoms with Gasteiger partial charge in [0.25, 0.3) is 0 Å². The van der Waals surface area contributed by atoms with Crippen LogP contribution in [0.15, 0.2) is 24.3 Å². The molecule has 1 atom stereocenters. The Hall–Kier alpha value is -1.55. The average Bonchev–Trinajstić information content (AvgIpc) is 2.50. The predicted octanol–water partition coefficient (Wildman–Crippen LogP) is 2.29. The summed E-state index contributed by atoms with van der Waals surface area (Å²) in [5, 5.41) is 3.06. The molecule has 4 nitrogen and oxygen atoms in total. The molecular weight excluding hydrogens is 274 g/mol. The van der Waals surface area contributed by atoms with Crippen LogP contribution in [-0.2, 0) is 11.2 Å². The molecule has 0 saturated carbocycles. The molecule has 1 aliphatic rings. The fraction of sp³-hybridized carbons (Fsp3) is 0.611. The van der Waals surface area contributed by atoms with Gasteiger partial charge in [-0.05, 0) is 50.6 Å². The predicted molar refractivity (Wildman–Crippen MR) is 92.4 cm³/mol. The second kappa shape index (κ2) is 8.18.